The van der Waals surface area contributed by atoms with Gasteiger partial charge in [-0.2, -0.15) is 0 Å². The number of hydrogen-bond donors (Lipinski definition) is 0. The Morgan fingerprint density at radius 3 is 2.35 bits per heavy atom. The number of likely N-dealkylation sites (N-methyl/N-ethyl adjacent to an activating group) is 1. The van der Waals surface area contributed by atoms with Gasteiger partial charge in [-0.25, -0.2) is 0 Å². The summed E-state index contributed by atoms with van der Waals surface area (Å²) < 4.78 is 5.18. The van der Waals surface area contributed by atoms with Crippen LogP contribution in [0, 0.1) is 0 Å². The number of piperazine rings is 1. The number of ether oxygens (including phenoxy) is 1. The van der Waals surface area contributed by atoms with Crippen molar-refractivity contribution in [2.24, 2.45) is 4.99 Å². The van der Waals surface area contributed by atoms with Crippen molar-refractivity contribution in [1.82, 2.24) is 4.90 Å². The Balaban J connectivity index is 1.78. The molecule has 0 aliphatic carbocycles. The van der Waals surface area contributed by atoms with Crippen LogP contribution in [0.15, 0.2) is 53.5 Å². The highest BCUT2D eigenvalue weighted by Crippen LogP contribution is 2.22. The van der Waals surface area contributed by atoms with Gasteiger partial charge in [-0.15, -0.1) is 0 Å². The third-order valence-corrected chi connectivity index (χ3v) is 4.21. The fourth-order valence-electron chi connectivity index (χ4n) is 2.74. The Hall–Kier alpha value is -2.33. The Morgan fingerprint density at radius 2 is 1.65 bits per heavy atom. The summed E-state index contributed by atoms with van der Waals surface area (Å²) in [5, 5.41) is 0. The molecule has 2 aromatic carbocycles. The van der Waals surface area contributed by atoms with E-state index in [0.717, 1.165) is 43.2 Å². The minimum Gasteiger partial charge on any atom is -0.497 e. The predicted octanol–water partition coefficient (Wildman–Crippen LogP) is 3.20. The summed E-state index contributed by atoms with van der Waals surface area (Å²) in [5.41, 5.74) is 3.35. The van der Waals surface area contributed by atoms with Gasteiger partial charge in [0.2, 0.25) is 0 Å². The first-order chi connectivity index (χ1) is 11.3. The number of anilines is 1. The highest BCUT2D eigenvalue weighted by Gasteiger charge is 2.15. The van der Waals surface area contributed by atoms with Gasteiger partial charge < -0.3 is 14.5 Å². The molecule has 4 nitrogen and oxygen atoms in total. The van der Waals surface area contributed by atoms with E-state index in [-0.39, 0.29) is 0 Å². The zero-order valence-corrected chi connectivity index (χ0v) is 13.8. The van der Waals surface area contributed by atoms with Crippen molar-refractivity contribution in [2.45, 2.75) is 0 Å². The van der Waals surface area contributed by atoms with E-state index in [1.54, 1.807) is 7.11 Å². The van der Waals surface area contributed by atoms with Crippen LogP contribution in [0.25, 0.3) is 0 Å². The van der Waals surface area contributed by atoms with E-state index in [4.69, 9.17) is 4.74 Å². The SMILES string of the molecule is COc1ccc(N=Cc2ccccc2N2CCN(C)CC2)cc1. The summed E-state index contributed by atoms with van der Waals surface area (Å²) in [6.45, 7) is 4.32. The predicted molar refractivity (Wildman–Crippen MR) is 96.4 cm³/mol. The third-order valence-electron chi connectivity index (χ3n) is 4.21. The fraction of sp³-hybridized carbons (Fsp3) is 0.316. The molecule has 0 N–H and O–H groups in total. The quantitative estimate of drug-likeness (QED) is 0.812. The average molecular weight is 309 g/mol. The van der Waals surface area contributed by atoms with Crippen LogP contribution < -0.4 is 9.64 Å². The first kappa shape index (κ1) is 15.6. The number of methoxy groups -OCH3 is 1. The third kappa shape index (κ3) is 3.90. The van der Waals surface area contributed by atoms with Crippen molar-refractivity contribution in [3.05, 3.63) is 54.1 Å². The summed E-state index contributed by atoms with van der Waals surface area (Å²) in [6.07, 6.45) is 1.95. The van der Waals surface area contributed by atoms with Gasteiger partial charge in [-0.05, 0) is 37.4 Å². The number of nitrogens with zero attached hydrogens (tertiary/aromatic N) is 3. The Bertz CT molecular complexity index is 659. The summed E-state index contributed by atoms with van der Waals surface area (Å²) in [7, 11) is 3.85. The van der Waals surface area contributed by atoms with Gasteiger partial charge in [0.15, 0.2) is 0 Å². The fourth-order valence-corrected chi connectivity index (χ4v) is 2.74. The van der Waals surface area contributed by atoms with E-state index in [0.29, 0.717) is 0 Å². The maximum absolute atomic E-state index is 5.18. The molecule has 1 aliphatic rings. The molecular formula is C19H23N3O. The molecule has 0 aromatic heterocycles. The molecule has 0 radical (unpaired) electrons. The number of rotatable bonds is 4. The van der Waals surface area contributed by atoms with Crippen LogP contribution in [-0.2, 0) is 0 Å². The second-order valence-electron chi connectivity index (χ2n) is 5.81. The van der Waals surface area contributed by atoms with Crippen LogP contribution in [0.4, 0.5) is 11.4 Å². The van der Waals surface area contributed by atoms with Gasteiger partial charge in [0.25, 0.3) is 0 Å². The van der Waals surface area contributed by atoms with Gasteiger partial charge >= 0.3 is 0 Å². The summed E-state index contributed by atoms with van der Waals surface area (Å²) in [6, 6.07) is 16.3. The number of aliphatic imine (C=N–C) groups is 1. The van der Waals surface area contributed by atoms with E-state index in [1.807, 2.05) is 30.5 Å². The zero-order valence-electron chi connectivity index (χ0n) is 13.8. The molecule has 0 spiro atoms. The van der Waals surface area contributed by atoms with Gasteiger partial charge in [0.05, 0.1) is 12.8 Å². The van der Waals surface area contributed by atoms with E-state index in [2.05, 4.69) is 46.1 Å². The van der Waals surface area contributed by atoms with E-state index in [1.165, 1.54) is 5.69 Å². The topological polar surface area (TPSA) is 28.1 Å². The first-order valence-corrected chi connectivity index (χ1v) is 7.97. The lowest BCUT2D eigenvalue weighted by Crippen LogP contribution is -2.44. The van der Waals surface area contributed by atoms with Gasteiger partial charge in [-0.3, -0.25) is 4.99 Å². The normalized spacial score (nSPS) is 16.0. The molecule has 1 aliphatic heterocycles. The largest absolute Gasteiger partial charge is 0.497 e. The van der Waals surface area contributed by atoms with Gasteiger partial charge in [0.1, 0.15) is 5.75 Å². The zero-order chi connectivity index (χ0) is 16.1. The summed E-state index contributed by atoms with van der Waals surface area (Å²) >= 11 is 0. The van der Waals surface area contributed by atoms with Crippen molar-refractivity contribution in [2.75, 3.05) is 45.2 Å². The van der Waals surface area contributed by atoms with Crippen LogP contribution in [-0.4, -0.2) is 51.5 Å². The molecule has 120 valence electrons. The molecular weight excluding hydrogens is 286 g/mol. The molecule has 1 fully saturated rings. The Labute approximate surface area is 138 Å². The molecule has 1 saturated heterocycles. The lowest BCUT2D eigenvalue weighted by molar-refractivity contribution is 0.313. The van der Waals surface area contributed by atoms with Gasteiger partial charge in [0, 0.05) is 43.6 Å². The van der Waals surface area contributed by atoms with E-state index in [9.17, 15) is 0 Å². The first-order valence-electron chi connectivity index (χ1n) is 7.97. The summed E-state index contributed by atoms with van der Waals surface area (Å²) in [4.78, 5) is 9.41. The second kappa shape index (κ2) is 7.29. The van der Waals surface area contributed by atoms with Crippen molar-refractivity contribution >= 4 is 17.6 Å². The monoisotopic (exact) mass is 309 g/mol. The van der Waals surface area contributed by atoms with Crippen LogP contribution in [0.1, 0.15) is 5.56 Å². The standard InChI is InChI=1S/C19H23N3O/c1-21-11-13-22(14-12-21)19-6-4-3-5-16(19)15-20-17-7-9-18(23-2)10-8-17/h3-10,15H,11-14H2,1-2H3. The molecule has 3 rings (SSSR count). The molecule has 23 heavy (non-hydrogen) atoms. The lowest BCUT2D eigenvalue weighted by Gasteiger charge is -2.34. The number of benzene rings is 2. The second-order valence-corrected chi connectivity index (χ2v) is 5.81. The molecule has 1 heterocycles. The lowest BCUT2D eigenvalue weighted by atomic mass is 10.1. The smallest absolute Gasteiger partial charge is 0.119 e. The molecule has 0 atom stereocenters. The average Bonchev–Trinajstić information content (AvgIpc) is 2.61. The summed E-state index contributed by atoms with van der Waals surface area (Å²) in [5.74, 6) is 0.849. The molecule has 0 bridgehead atoms. The molecule has 0 unspecified atom stereocenters. The maximum Gasteiger partial charge on any atom is 0.119 e. The van der Waals surface area contributed by atoms with Crippen LogP contribution in [0.3, 0.4) is 0 Å². The minimum atomic E-state index is 0.849. The maximum atomic E-state index is 5.18. The minimum absolute atomic E-state index is 0.849. The Kier molecular flexibility index (Phi) is 4.93. The van der Waals surface area contributed by atoms with Crippen molar-refractivity contribution in [3.8, 4) is 5.75 Å². The molecule has 0 amide bonds. The Morgan fingerprint density at radius 1 is 0.957 bits per heavy atom. The van der Waals surface area contributed by atoms with Crippen LogP contribution in [0.2, 0.25) is 0 Å². The van der Waals surface area contributed by atoms with Crippen molar-refractivity contribution in [1.29, 1.82) is 0 Å². The highest BCUT2D eigenvalue weighted by molar-refractivity contribution is 5.89. The van der Waals surface area contributed by atoms with Gasteiger partial charge in [-0.1, -0.05) is 18.2 Å². The van der Waals surface area contributed by atoms with Crippen molar-refractivity contribution < 1.29 is 4.74 Å². The van der Waals surface area contributed by atoms with E-state index < -0.39 is 0 Å². The van der Waals surface area contributed by atoms with Crippen LogP contribution >= 0.6 is 0 Å². The number of hydrogen-bond acceptors (Lipinski definition) is 4. The molecule has 4 heteroatoms. The van der Waals surface area contributed by atoms with E-state index >= 15 is 0 Å². The highest BCUT2D eigenvalue weighted by atomic mass is 16.5. The number of para-hydroxylation sites is 1. The molecule has 2 aromatic rings. The van der Waals surface area contributed by atoms with Crippen LogP contribution in [0.5, 0.6) is 5.75 Å². The molecule has 0 saturated carbocycles. The van der Waals surface area contributed by atoms with Crippen molar-refractivity contribution in [3.63, 3.8) is 0 Å².